The number of imide groups is 1. The number of ether oxygens (including phenoxy) is 1. The smallest absolute Gasteiger partial charge is 0.338 e. The van der Waals surface area contributed by atoms with Crippen LogP contribution in [-0.2, 0) is 19.6 Å². The third-order valence-corrected chi connectivity index (χ3v) is 5.32. The molecule has 1 rings (SSSR count). The first kappa shape index (κ1) is 20.6. The van der Waals surface area contributed by atoms with Gasteiger partial charge in [0.15, 0.2) is 6.61 Å². The summed E-state index contributed by atoms with van der Waals surface area (Å²) in [6.07, 6.45) is 0. The van der Waals surface area contributed by atoms with Crippen molar-refractivity contribution in [3.63, 3.8) is 0 Å². The van der Waals surface area contributed by atoms with Gasteiger partial charge in [0.2, 0.25) is 10.0 Å². The minimum atomic E-state index is -3.75. The van der Waals surface area contributed by atoms with E-state index in [1.807, 2.05) is 5.32 Å². The van der Waals surface area contributed by atoms with Crippen LogP contribution in [0.1, 0.15) is 24.2 Å². The average molecular weight is 371 g/mol. The fraction of sp³-hybridized carbons (Fsp3) is 0.400. The van der Waals surface area contributed by atoms with Crippen LogP contribution >= 0.6 is 0 Å². The van der Waals surface area contributed by atoms with Gasteiger partial charge in [-0.05, 0) is 32.0 Å². The van der Waals surface area contributed by atoms with Crippen LogP contribution in [0.2, 0.25) is 0 Å². The SMILES string of the molecule is CNC(=O)NC(=O)COC(=O)c1cccc(S(=O)(=O)N(C)C(C)C)c1. The summed E-state index contributed by atoms with van der Waals surface area (Å²) in [6, 6.07) is 4.33. The van der Waals surface area contributed by atoms with Gasteiger partial charge in [-0.2, -0.15) is 4.31 Å². The Balaban J connectivity index is 2.86. The van der Waals surface area contributed by atoms with E-state index in [0.29, 0.717) is 0 Å². The molecule has 0 aromatic heterocycles. The minimum absolute atomic E-state index is 0.0222. The molecule has 0 heterocycles. The molecule has 0 aliphatic heterocycles. The molecule has 1 aromatic carbocycles. The number of esters is 1. The highest BCUT2D eigenvalue weighted by Gasteiger charge is 2.24. The zero-order valence-corrected chi connectivity index (χ0v) is 15.2. The quantitative estimate of drug-likeness (QED) is 0.695. The molecule has 0 spiro atoms. The monoisotopic (exact) mass is 371 g/mol. The van der Waals surface area contributed by atoms with Crippen molar-refractivity contribution >= 4 is 27.9 Å². The Morgan fingerprint density at radius 2 is 1.88 bits per heavy atom. The fourth-order valence-electron chi connectivity index (χ4n) is 1.67. The van der Waals surface area contributed by atoms with E-state index in [4.69, 9.17) is 4.74 Å². The predicted octanol–water partition coefficient (Wildman–Crippen LogP) is 0.328. The number of nitrogens with one attached hydrogen (secondary N) is 2. The summed E-state index contributed by atoms with van der Waals surface area (Å²) in [4.78, 5) is 34.3. The maximum atomic E-state index is 12.4. The first-order valence-corrected chi connectivity index (χ1v) is 8.80. The van der Waals surface area contributed by atoms with E-state index in [-0.39, 0.29) is 16.5 Å². The van der Waals surface area contributed by atoms with Crippen molar-refractivity contribution < 1.29 is 27.5 Å². The highest BCUT2D eigenvalue weighted by molar-refractivity contribution is 7.89. The lowest BCUT2D eigenvalue weighted by atomic mass is 10.2. The van der Waals surface area contributed by atoms with Crippen LogP contribution in [0.25, 0.3) is 0 Å². The van der Waals surface area contributed by atoms with Crippen molar-refractivity contribution in [1.82, 2.24) is 14.9 Å². The van der Waals surface area contributed by atoms with Crippen molar-refractivity contribution in [3.05, 3.63) is 29.8 Å². The molecule has 0 aliphatic carbocycles. The molecule has 0 aliphatic rings. The Labute approximate surface area is 146 Å². The number of carbonyl (C=O) groups excluding carboxylic acids is 3. The van der Waals surface area contributed by atoms with Crippen LogP contribution in [0.3, 0.4) is 0 Å². The second kappa shape index (κ2) is 8.58. The average Bonchev–Trinajstić information content (AvgIpc) is 2.58. The highest BCUT2D eigenvalue weighted by Crippen LogP contribution is 2.18. The zero-order valence-electron chi connectivity index (χ0n) is 14.4. The highest BCUT2D eigenvalue weighted by atomic mass is 32.2. The number of hydrogen-bond acceptors (Lipinski definition) is 6. The van der Waals surface area contributed by atoms with E-state index < -0.39 is 34.5 Å². The third kappa shape index (κ3) is 5.54. The second-order valence-corrected chi connectivity index (χ2v) is 7.34. The molecule has 0 atom stereocenters. The van der Waals surface area contributed by atoms with Gasteiger partial charge in [-0.15, -0.1) is 0 Å². The molecular weight excluding hydrogens is 350 g/mol. The Morgan fingerprint density at radius 1 is 1.24 bits per heavy atom. The molecule has 25 heavy (non-hydrogen) atoms. The Hall–Kier alpha value is -2.46. The van der Waals surface area contributed by atoms with Crippen LogP contribution in [0.15, 0.2) is 29.2 Å². The Morgan fingerprint density at radius 3 is 2.44 bits per heavy atom. The Kier molecular flexibility index (Phi) is 7.07. The number of hydrogen-bond donors (Lipinski definition) is 2. The molecule has 1 aromatic rings. The summed E-state index contributed by atoms with van der Waals surface area (Å²) in [5.74, 6) is -1.69. The first-order valence-electron chi connectivity index (χ1n) is 7.36. The molecule has 10 heteroatoms. The molecule has 138 valence electrons. The summed E-state index contributed by atoms with van der Waals surface area (Å²) >= 11 is 0. The van der Waals surface area contributed by atoms with Gasteiger partial charge in [-0.25, -0.2) is 18.0 Å². The van der Waals surface area contributed by atoms with Gasteiger partial charge in [0.25, 0.3) is 5.91 Å². The van der Waals surface area contributed by atoms with E-state index in [2.05, 4.69) is 5.32 Å². The number of urea groups is 1. The van der Waals surface area contributed by atoms with Crippen LogP contribution in [-0.4, -0.2) is 57.4 Å². The summed E-state index contributed by atoms with van der Waals surface area (Å²) in [5, 5.41) is 4.11. The fourth-order valence-corrected chi connectivity index (χ4v) is 3.08. The van der Waals surface area contributed by atoms with E-state index >= 15 is 0 Å². The molecule has 3 amide bonds. The van der Waals surface area contributed by atoms with Gasteiger partial charge in [-0.3, -0.25) is 10.1 Å². The zero-order chi connectivity index (χ0) is 19.2. The van der Waals surface area contributed by atoms with E-state index in [1.54, 1.807) is 13.8 Å². The van der Waals surface area contributed by atoms with Crippen molar-refractivity contribution in [1.29, 1.82) is 0 Å². The molecule has 0 unspecified atom stereocenters. The number of nitrogens with zero attached hydrogens (tertiary/aromatic N) is 1. The van der Waals surface area contributed by atoms with Gasteiger partial charge in [-0.1, -0.05) is 6.07 Å². The van der Waals surface area contributed by atoms with Crippen LogP contribution in [0.4, 0.5) is 4.79 Å². The van der Waals surface area contributed by atoms with Gasteiger partial charge in [0, 0.05) is 20.1 Å². The standard InChI is InChI=1S/C15H21N3O6S/c1-10(2)18(4)25(22,23)12-7-5-6-11(8-12)14(20)24-9-13(19)17-15(21)16-3/h5-8,10H,9H2,1-4H3,(H2,16,17,19,21). The number of amides is 3. The molecular formula is C15H21N3O6S. The second-order valence-electron chi connectivity index (χ2n) is 5.35. The molecule has 0 fully saturated rings. The third-order valence-electron chi connectivity index (χ3n) is 3.29. The van der Waals surface area contributed by atoms with Crippen molar-refractivity contribution in [2.75, 3.05) is 20.7 Å². The first-order chi connectivity index (χ1) is 11.6. The Bertz CT molecular complexity index is 760. The lowest BCUT2D eigenvalue weighted by Crippen LogP contribution is -2.39. The van der Waals surface area contributed by atoms with E-state index in [1.165, 1.54) is 42.7 Å². The van der Waals surface area contributed by atoms with Crippen molar-refractivity contribution in [2.45, 2.75) is 24.8 Å². The number of carbonyl (C=O) groups is 3. The summed E-state index contributed by atoms with van der Waals surface area (Å²) < 4.78 is 30.8. The predicted molar refractivity (Wildman–Crippen MR) is 89.4 cm³/mol. The van der Waals surface area contributed by atoms with Crippen LogP contribution in [0.5, 0.6) is 0 Å². The van der Waals surface area contributed by atoms with E-state index in [0.717, 1.165) is 0 Å². The molecule has 0 radical (unpaired) electrons. The minimum Gasteiger partial charge on any atom is -0.452 e. The van der Waals surface area contributed by atoms with Gasteiger partial charge < -0.3 is 10.1 Å². The summed E-state index contributed by atoms with van der Waals surface area (Å²) in [5.41, 5.74) is -0.0222. The molecule has 2 N–H and O–H groups in total. The van der Waals surface area contributed by atoms with Crippen LogP contribution in [0, 0.1) is 0 Å². The van der Waals surface area contributed by atoms with Crippen molar-refractivity contribution in [2.24, 2.45) is 0 Å². The lowest BCUT2D eigenvalue weighted by Gasteiger charge is -2.21. The summed E-state index contributed by atoms with van der Waals surface area (Å²) in [6.45, 7) is 2.77. The maximum absolute atomic E-state index is 12.4. The molecule has 0 saturated heterocycles. The maximum Gasteiger partial charge on any atom is 0.338 e. The van der Waals surface area contributed by atoms with E-state index in [9.17, 15) is 22.8 Å². The van der Waals surface area contributed by atoms with Gasteiger partial charge in [0.05, 0.1) is 10.5 Å². The number of rotatable bonds is 6. The topological polar surface area (TPSA) is 122 Å². The lowest BCUT2D eigenvalue weighted by molar-refractivity contribution is -0.123. The van der Waals surface area contributed by atoms with Gasteiger partial charge in [0.1, 0.15) is 0 Å². The summed E-state index contributed by atoms with van der Waals surface area (Å²) in [7, 11) is -0.985. The molecule has 9 nitrogen and oxygen atoms in total. The molecule has 0 saturated carbocycles. The largest absolute Gasteiger partial charge is 0.452 e. The van der Waals surface area contributed by atoms with Crippen LogP contribution < -0.4 is 10.6 Å². The number of benzene rings is 1. The van der Waals surface area contributed by atoms with Gasteiger partial charge >= 0.3 is 12.0 Å². The van der Waals surface area contributed by atoms with Crippen molar-refractivity contribution in [3.8, 4) is 0 Å². The normalized spacial score (nSPS) is 11.3. The number of sulfonamides is 1. The molecule has 0 bridgehead atoms.